The van der Waals surface area contributed by atoms with Gasteiger partial charge in [0, 0.05) is 11.8 Å². The molecule has 1 aromatic heterocycles. The Morgan fingerprint density at radius 1 is 1.00 bits per heavy atom. The summed E-state index contributed by atoms with van der Waals surface area (Å²) in [5.74, 6) is -0.976. The van der Waals surface area contributed by atoms with Crippen LogP contribution in [0.25, 0.3) is 0 Å². The van der Waals surface area contributed by atoms with Gasteiger partial charge in [0.05, 0.1) is 23.5 Å². The minimum atomic E-state index is -0.741. The van der Waals surface area contributed by atoms with Gasteiger partial charge in [-0.25, -0.2) is 8.78 Å². The Balaban J connectivity index is 1.77. The highest BCUT2D eigenvalue weighted by Crippen LogP contribution is 2.20. The Labute approximate surface area is 135 Å². The zero-order valence-electron chi connectivity index (χ0n) is 12.2. The van der Waals surface area contributed by atoms with E-state index in [9.17, 15) is 8.78 Å². The lowest BCUT2D eigenvalue weighted by Crippen LogP contribution is -2.03. The van der Waals surface area contributed by atoms with E-state index in [1.165, 1.54) is 12.3 Å². The summed E-state index contributed by atoms with van der Waals surface area (Å²) in [6.07, 6.45) is 1.31. The van der Waals surface area contributed by atoms with Crippen LogP contribution in [0.4, 0.5) is 31.9 Å². The van der Waals surface area contributed by atoms with Crippen molar-refractivity contribution in [3.05, 3.63) is 65.9 Å². The van der Waals surface area contributed by atoms with Gasteiger partial charge in [0.1, 0.15) is 11.6 Å². The number of benzene rings is 2. The van der Waals surface area contributed by atoms with Crippen LogP contribution >= 0.6 is 0 Å². The molecule has 1 heterocycles. The van der Waals surface area contributed by atoms with Crippen molar-refractivity contribution in [3.8, 4) is 6.07 Å². The van der Waals surface area contributed by atoms with Gasteiger partial charge in [-0.1, -0.05) is 0 Å². The van der Waals surface area contributed by atoms with Crippen molar-refractivity contribution >= 4 is 23.1 Å². The molecule has 8 heteroatoms. The summed E-state index contributed by atoms with van der Waals surface area (Å²) in [6, 6.07) is 11.9. The average molecular weight is 324 g/mol. The van der Waals surface area contributed by atoms with Gasteiger partial charge in [0.25, 0.3) is 0 Å². The molecule has 0 bridgehead atoms. The molecule has 6 nitrogen and oxygen atoms in total. The quantitative estimate of drug-likeness (QED) is 0.764. The van der Waals surface area contributed by atoms with Gasteiger partial charge >= 0.3 is 0 Å². The van der Waals surface area contributed by atoms with Crippen LogP contribution in [0.3, 0.4) is 0 Å². The minimum Gasteiger partial charge on any atom is -0.336 e. The lowest BCUT2D eigenvalue weighted by Gasteiger charge is -2.08. The van der Waals surface area contributed by atoms with Gasteiger partial charge < -0.3 is 10.6 Å². The second kappa shape index (κ2) is 6.66. The molecule has 0 aliphatic carbocycles. The zero-order valence-corrected chi connectivity index (χ0v) is 12.2. The van der Waals surface area contributed by atoms with Gasteiger partial charge in [-0.2, -0.15) is 15.3 Å². The van der Waals surface area contributed by atoms with E-state index in [1.54, 1.807) is 24.3 Å². The van der Waals surface area contributed by atoms with Crippen LogP contribution in [0.2, 0.25) is 0 Å². The largest absolute Gasteiger partial charge is 0.336 e. The number of rotatable bonds is 4. The van der Waals surface area contributed by atoms with E-state index in [0.717, 1.165) is 12.1 Å². The number of nitrogens with zero attached hydrogens (tertiary/aromatic N) is 4. The number of hydrogen-bond donors (Lipinski definition) is 2. The molecule has 3 rings (SSSR count). The average Bonchev–Trinajstić information content (AvgIpc) is 2.58. The van der Waals surface area contributed by atoms with Crippen LogP contribution in [-0.4, -0.2) is 15.2 Å². The van der Waals surface area contributed by atoms with Gasteiger partial charge in [-0.05, 0) is 36.4 Å². The summed E-state index contributed by atoms with van der Waals surface area (Å²) in [7, 11) is 0. The summed E-state index contributed by atoms with van der Waals surface area (Å²) in [5.41, 5.74) is 1.27. The van der Waals surface area contributed by atoms with Crippen molar-refractivity contribution < 1.29 is 8.78 Å². The lowest BCUT2D eigenvalue weighted by molar-refractivity contribution is 0.586. The first-order valence-electron chi connectivity index (χ1n) is 6.83. The van der Waals surface area contributed by atoms with Crippen molar-refractivity contribution in [1.82, 2.24) is 15.2 Å². The maximum Gasteiger partial charge on any atom is 0.249 e. The molecule has 0 saturated carbocycles. The normalized spacial score (nSPS) is 10.0. The van der Waals surface area contributed by atoms with Crippen molar-refractivity contribution in [2.24, 2.45) is 0 Å². The summed E-state index contributed by atoms with van der Waals surface area (Å²) in [6.45, 7) is 0. The van der Waals surface area contributed by atoms with Gasteiger partial charge in [0.2, 0.25) is 5.95 Å². The SMILES string of the molecule is N#Cc1ccc(Nc2nncc(Nc3ccc(F)cc3F)n2)cc1. The highest BCUT2D eigenvalue weighted by Gasteiger charge is 2.07. The monoisotopic (exact) mass is 324 g/mol. The Kier molecular flexibility index (Phi) is 4.25. The van der Waals surface area contributed by atoms with Crippen LogP contribution in [0.15, 0.2) is 48.7 Å². The fourth-order valence-corrected chi connectivity index (χ4v) is 1.90. The van der Waals surface area contributed by atoms with Crippen LogP contribution in [0, 0.1) is 23.0 Å². The van der Waals surface area contributed by atoms with Gasteiger partial charge in [-0.3, -0.25) is 0 Å². The number of halogens is 2. The first-order chi connectivity index (χ1) is 11.6. The third-order valence-corrected chi connectivity index (χ3v) is 3.02. The van der Waals surface area contributed by atoms with E-state index in [2.05, 4.69) is 25.8 Å². The van der Waals surface area contributed by atoms with Gasteiger partial charge in [-0.15, -0.1) is 5.10 Å². The predicted molar refractivity (Wildman–Crippen MR) is 83.9 cm³/mol. The summed E-state index contributed by atoms with van der Waals surface area (Å²) in [5, 5.41) is 22.0. The second-order valence-electron chi connectivity index (χ2n) is 4.73. The van der Waals surface area contributed by atoms with Crippen LogP contribution in [-0.2, 0) is 0 Å². The molecule has 0 aliphatic heterocycles. The number of nitrogens with one attached hydrogen (secondary N) is 2. The zero-order chi connectivity index (χ0) is 16.9. The third-order valence-electron chi connectivity index (χ3n) is 3.02. The standard InChI is InChI=1S/C16H10F2N6/c17-11-3-6-14(13(18)7-11)22-15-9-20-24-16(23-15)21-12-4-1-10(8-19)2-5-12/h1-7,9H,(H2,21,22,23,24). The third kappa shape index (κ3) is 3.59. The number of nitriles is 1. The van der Waals surface area contributed by atoms with Gasteiger partial charge in [0.15, 0.2) is 5.82 Å². The first kappa shape index (κ1) is 15.3. The van der Waals surface area contributed by atoms with Crippen LogP contribution in [0.5, 0.6) is 0 Å². The van der Waals surface area contributed by atoms with Crippen molar-refractivity contribution in [2.75, 3.05) is 10.6 Å². The van der Waals surface area contributed by atoms with Crippen molar-refractivity contribution in [1.29, 1.82) is 5.26 Å². The highest BCUT2D eigenvalue weighted by atomic mass is 19.1. The second-order valence-corrected chi connectivity index (χ2v) is 4.73. The van der Waals surface area contributed by atoms with E-state index < -0.39 is 11.6 Å². The van der Waals surface area contributed by atoms with Crippen LogP contribution in [0.1, 0.15) is 5.56 Å². The Bertz CT molecular complexity index is 905. The molecule has 2 N–H and O–H groups in total. The maximum absolute atomic E-state index is 13.6. The summed E-state index contributed by atoms with van der Waals surface area (Å²) < 4.78 is 26.6. The van der Waals surface area contributed by atoms with E-state index >= 15 is 0 Å². The molecule has 0 radical (unpaired) electrons. The minimum absolute atomic E-state index is 0.0706. The number of aromatic nitrogens is 3. The fourth-order valence-electron chi connectivity index (χ4n) is 1.90. The molecule has 2 aromatic carbocycles. The molecule has 0 amide bonds. The molecule has 0 unspecified atom stereocenters. The Morgan fingerprint density at radius 2 is 1.79 bits per heavy atom. The van der Waals surface area contributed by atoms with Crippen LogP contribution < -0.4 is 10.6 Å². The molecule has 0 aliphatic rings. The molecule has 0 spiro atoms. The van der Waals surface area contributed by atoms with E-state index in [1.807, 2.05) is 6.07 Å². The Hall–Kier alpha value is -3.60. The molecule has 3 aromatic rings. The van der Waals surface area contributed by atoms with E-state index in [4.69, 9.17) is 5.26 Å². The molecule has 24 heavy (non-hydrogen) atoms. The lowest BCUT2D eigenvalue weighted by atomic mass is 10.2. The molecule has 118 valence electrons. The summed E-state index contributed by atoms with van der Waals surface area (Å²) in [4.78, 5) is 4.15. The molecule has 0 atom stereocenters. The molecular weight excluding hydrogens is 314 g/mol. The number of anilines is 4. The highest BCUT2D eigenvalue weighted by molar-refractivity contribution is 5.59. The molecule has 0 fully saturated rings. The first-order valence-corrected chi connectivity index (χ1v) is 6.83. The van der Waals surface area contributed by atoms with Crippen molar-refractivity contribution in [2.45, 2.75) is 0 Å². The number of hydrogen-bond acceptors (Lipinski definition) is 6. The smallest absolute Gasteiger partial charge is 0.249 e. The molecular formula is C16H10F2N6. The Morgan fingerprint density at radius 3 is 2.50 bits per heavy atom. The fraction of sp³-hybridized carbons (Fsp3) is 0. The maximum atomic E-state index is 13.6. The summed E-state index contributed by atoms with van der Waals surface area (Å²) >= 11 is 0. The molecule has 0 saturated heterocycles. The van der Waals surface area contributed by atoms with E-state index in [-0.39, 0.29) is 17.5 Å². The predicted octanol–water partition coefficient (Wildman–Crippen LogP) is 3.51. The van der Waals surface area contributed by atoms with Crippen molar-refractivity contribution in [3.63, 3.8) is 0 Å². The topological polar surface area (TPSA) is 86.5 Å². The van der Waals surface area contributed by atoms with E-state index in [0.29, 0.717) is 11.3 Å².